The lowest BCUT2D eigenvalue weighted by Crippen LogP contribution is -2.30. The molecule has 1 saturated heterocycles. The Morgan fingerprint density at radius 3 is 2.40 bits per heavy atom. The van der Waals surface area contributed by atoms with E-state index in [9.17, 15) is 9.18 Å². The molecule has 0 bridgehead atoms. The fraction of sp³-hybridized carbons (Fsp3) is 0.478. The number of nitriles is 1. The molecule has 7 heteroatoms. The third kappa shape index (κ3) is 6.24. The molecule has 0 unspecified atom stereocenters. The van der Waals surface area contributed by atoms with Crippen molar-refractivity contribution in [2.75, 3.05) is 18.0 Å². The van der Waals surface area contributed by atoms with Gasteiger partial charge in [-0.05, 0) is 62.6 Å². The predicted molar refractivity (Wildman–Crippen MR) is 116 cm³/mol. The van der Waals surface area contributed by atoms with Crippen molar-refractivity contribution < 1.29 is 9.18 Å². The van der Waals surface area contributed by atoms with Gasteiger partial charge in [-0.1, -0.05) is 19.9 Å². The van der Waals surface area contributed by atoms with E-state index in [0.717, 1.165) is 43.0 Å². The Labute approximate surface area is 177 Å². The molecule has 1 aliphatic carbocycles. The van der Waals surface area contributed by atoms with Gasteiger partial charge in [0.2, 0.25) is 0 Å². The van der Waals surface area contributed by atoms with Crippen LogP contribution in [-0.2, 0) is 0 Å². The van der Waals surface area contributed by atoms with Crippen LogP contribution in [0, 0.1) is 24.1 Å². The van der Waals surface area contributed by atoms with Crippen LogP contribution in [0.5, 0.6) is 0 Å². The highest BCUT2D eigenvalue weighted by Crippen LogP contribution is 2.40. The molecule has 4 rings (SSSR count). The summed E-state index contributed by atoms with van der Waals surface area (Å²) in [7, 11) is 0. The fourth-order valence-corrected chi connectivity index (χ4v) is 3.26. The van der Waals surface area contributed by atoms with Gasteiger partial charge in [-0.15, -0.1) is 0 Å². The summed E-state index contributed by atoms with van der Waals surface area (Å²) >= 11 is 0. The number of anilines is 1. The summed E-state index contributed by atoms with van der Waals surface area (Å²) in [6, 6.07) is 6.69. The number of nitrogens with zero attached hydrogens (tertiary/aromatic N) is 4. The third-order valence-corrected chi connectivity index (χ3v) is 5.03. The summed E-state index contributed by atoms with van der Waals surface area (Å²) in [6.45, 7) is 7.94. The molecule has 1 saturated carbocycles. The topological polar surface area (TPSA) is 95.9 Å². The van der Waals surface area contributed by atoms with E-state index in [-0.39, 0.29) is 5.56 Å². The minimum absolute atomic E-state index is 0.0237. The molecule has 0 radical (unpaired) electrons. The van der Waals surface area contributed by atoms with Crippen molar-refractivity contribution >= 4 is 11.7 Å². The Morgan fingerprint density at radius 2 is 1.90 bits per heavy atom. The molecule has 30 heavy (non-hydrogen) atoms. The molecule has 2 N–H and O–H groups in total. The summed E-state index contributed by atoms with van der Waals surface area (Å²) in [5.74, 6) is 0.194. The predicted octanol–water partition coefficient (Wildman–Crippen LogP) is 4.48. The second-order valence-electron chi connectivity index (χ2n) is 7.20. The molecular weight excluding hydrogens is 381 g/mol. The number of aromatic nitrogens is 2. The van der Waals surface area contributed by atoms with Crippen LogP contribution in [0.2, 0.25) is 0 Å². The smallest absolute Gasteiger partial charge is 0.251 e. The van der Waals surface area contributed by atoms with Crippen LogP contribution < -0.4 is 10.6 Å². The van der Waals surface area contributed by atoms with Gasteiger partial charge in [0, 0.05) is 13.1 Å². The zero-order valence-electron chi connectivity index (χ0n) is 18.0. The average Bonchev–Trinajstić information content (AvgIpc) is 3.61. The second-order valence-corrected chi connectivity index (χ2v) is 7.20. The van der Waals surface area contributed by atoms with Crippen LogP contribution in [0.3, 0.4) is 0 Å². The normalized spacial score (nSPS) is 15.1. The number of carbonyl (C=O) groups is 1. The first-order valence-corrected chi connectivity index (χ1v) is 10.6. The molecule has 6 nitrogen and oxygen atoms in total. The summed E-state index contributed by atoms with van der Waals surface area (Å²) in [6.07, 6.45) is 7.70. The molecule has 2 fully saturated rings. The van der Waals surface area contributed by atoms with Gasteiger partial charge >= 0.3 is 0 Å². The van der Waals surface area contributed by atoms with Crippen LogP contribution in [0.15, 0.2) is 24.4 Å². The summed E-state index contributed by atoms with van der Waals surface area (Å²) in [4.78, 5) is 21.5. The maximum atomic E-state index is 13.2. The largest absolute Gasteiger partial charge is 0.366 e. The Kier molecular flexibility index (Phi) is 8.72. The molecule has 1 amide bonds. The molecular formula is C23H30FN5O. The average molecular weight is 412 g/mol. The van der Waals surface area contributed by atoms with E-state index < -0.39 is 11.7 Å². The number of rotatable bonds is 3. The number of halogens is 1. The zero-order valence-corrected chi connectivity index (χ0v) is 18.0. The molecule has 1 aromatic heterocycles. The lowest BCUT2D eigenvalue weighted by Gasteiger charge is -2.27. The molecule has 2 aromatic rings. The van der Waals surface area contributed by atoms with Gasteiger partial charge in [0.05, 0.1) is 17.5 Å². The van der Waals surface area contributed by atoms with E-state index in [1.807, 2.05) is 26.8 Å². The summed E-state index contributed by atoms with van der Waals surface area (Å²) in [5.41, 5.74) is 7.08. The quantitative estimate of drug-likeness (QED) is 0.803. The van der Waals surface area contributed by atoms with Crippen molar-refractivity contribution in [2.24, 2.45) is 5.73 Å². The lowest BCUT2D eigenvalue weighted by molar-refractivity contribution is 0.0996. The van der Waals surface area contributed by atoms with Crippen LogP contribution in [0.4, 0.5) is 10.2 Å². The number of primary amides is 1. The molecule has 2 heterocycles. The van der Waals surface area contributed by atoms with Crippen molar-refractivity contribution in [1.82, 2.24) is 9.97 Å². The highest BCUT2D eigenvalue weighted by molar-refractivity contribution is 5.93. The van der Waals surface area contributed by atoms with Crippen LogP contribution in [-0.4, -0.2) is 29.0 Å². The lowest BCUT2D eigenvalue weighted by atomic mass is 10.1. The number of benzene rings is 1. The fourth-order valence-electron chi connectivity index (χ4n) is 3.26. The van der Waals surface area contributed by atoms with Crippen molar-refractivity contribution in [3.05, 3.63) is 52.7 Å². The van der Waals surface area contributed by atoms with E-state index in [2.05, 4.69) is 14.9 Å². The highest BCUT2D eigenvalue weighted by atomic mass is 19.1. The van der Waals surface area contributed by atoms with Gasteiger partial charge in [-0.3, -0.25) is 4.79 Å². The van der Waals surface area contributed by atoms with Gasteiger partial charge in [0.1, 0.15) is 17.7 Å². The maximum Gasteiger partial charge on any atom is 0.251 e. The summed E-state index contributed by atoms with van der Waals surface area (Å²) in [5, 5.41) is 8.75. The van der Waals surface area contributed by atoms with E-state index in [4.69, 9.17) is 11.0 Å². The van der Waals surface area contributed by atoms with Crippen molar-refractivity contribution in [3.8, 4) is 6.07 Å². The highest BCUT2D eigenvalue weighted by Gasteiger charge is 2.24. The van der Waals surface area contributed by atoms with Gasteiger partial charge in [0.15, 0.2) is 5.69 Å². The van der Waals surface area contributed by atoms with Gasteiger partial charge in [0.25, 0.3) is 5.91 Å². The van der Waals surface area contributed by atoms with Crippen LogP contribution in [0.1, 0.15) is 79.2 Å². The number of amides is 1. The zero-order chi connectivity index (χ0) is 22.1. The third-order valence-electron chi connectivity index (χ3n) is 5.03. The molecule has 1 aliphatic heterocycles. The SMILES string of the molecule is CC.Cc1nc(N2CCCCC2)cnc1C#N.NC(=O)c1ccc(C2CC2)cc1F. The minimum atomic E-state index is -0.708. The van der Waals surface area contributed by atoms with E-state index in [1.54, 1.807) is 12.3 Å². The number of hydrogen-bond acceptors (Lipinski definition) is 5. The first-order valence-electron chi connectivity index (χ1n) is 10.6. The molecule has 0 spiro atoms. The van der Waals surface area contributed by atoms with Gasteiger partial charge in [-0.2, -0.15) is 5.26 Å². The number of nitrogens with two attached hydrogens (primary N) is 1. The molecule has 1 aromatic carbocycles. The van der Waals surface area contributed by atoms with E-state index >= 15 is 0 Å². The Bertz CT molecular complexity index is 899. The second kappa shape index (κ2) is 11.2. The molecule has 2 aliphatic rings. The number of aryl methyl sites for hydroxylation is 1. The van der Waals surface area contributed by atoms with Crippen LogP contribution >= 0.6 is 0 Å². The van der Waals surface area contributed by atoms with Crippen molar-refractivity contribution in [2.45, 2.75) is 58.8 Å². The first kappa shape index (κ1) is 23.3. The van der Waals surface area contributed by atoms with E-state index in [0.29, 0.717) is 11.6 Å². The monoisotopic (exact) mass is 411 g/mol. The van der Waals surface area contributed by atoms with Gasteiger partial charge < -0.3 is 10.6 Å². The van der Waals surface area contributed by atoms with Gasteiger partial charge in [-0.25, -0.2) is 14.4 Å². The number of piperidine rings is 1. The maximum absolute atomic E-state index is 13.2. The van der Waals surface area contributed by atoms with Crippen molar-refractivity contribution in [3.63, 3.8) is 0 Å². The van der Waals surface area contributed by atoms with E-state index in [1.165, 1.54) is 31.4 Å². The van der Waals surface area contributed by atoms with Crippen LogP contribution in [0.25, 0.3) is 0 Å². The first-order chi connectivity index (χ1) is 14.5. The van der Waals surface area contributed by atoms with Crippen molar-refractivity contribution in [1.29, 1.82) is 5.26 Å². The Hall–Kier alpha value is -3.01. The number of carbonyl (C=O) groups excluding carboxylic acids is 1. The Balaban J connectivity index is 0.000000199. The Morgan fingerprint density at radius 1 is 1.23 bits per heavy atom. The standard InChI is InChI=1S/C11H14N4.C10H10FNO.C2H6/c1-9-10(7-12)13-8-11(14-9)15-5-3-2-4-6-15;11-9-5-7(6-1-2-6)3-4-8(9)10(12)13;1-2/h8H,2-6H2,1H3;3-6H,1-2H2,(H2,12,13);1-2H3. The summed E-state index contributed by atoms with van der Waals surface area (Å²) < 4.78 is 13.2. The molecule has 0 atom stereocenters. The molecule has 160 valence electrons. The minimum Gasteiger partial charge on any atom is -0.366 e. The number of hydrogen-bond donors (Lipinski definition) is 1.